The molecule has 0 radical (unpaired) electrons. The Hall–Kier alpha value is -2.64. The van der Waals surface area contributed by atoms with Crippen molar-refractivity contribution in [2.45, 2.75) is 6.42 Å². The van der Waals surface area contributed by atoms with E-state index in [9.17, 15) is 19.7 Å². The van der Waals surface area contributed by atoms with Gasteiger partial charge in [0.15, 0.2) is 0 Å². The second-order valence-corrected chi connectivity index (χ2v) is 4.16. The number of non-ortho nitro benzene ring substituents is 1. The van der Waals surface area contributed by atoms with Gasteiger partial charge in [0, 0.05) is 25.7 Å². The van der Waals surface area contributed by atoms with Crippen LogP contribution >= 0.6 is 0 Å². The summed E-state index contributed by atoms with van der Waals surface area (Å²) in [6.07, 6.45) is 0.505. The van der Waals surface area contributed by atoms with Crippen molar-refractivity contribution in [3.8, 4) is 0 Å². The van der Waals surface area contributed by atoms with Crippen molar-refractivity contribution in [2.75, 3.05) is 20.1 Å². The van der Waals surface area contributed by atoms with Crippen LogP contribution in [0.4, 0.5) is 10.5 Å². The molecular formula is C12H15N3O5. The van der Waals surface area contributed by atoms with E-state index in [4.69, 9.17) is 5.11 Å². The molecule has 0 aliphatic carbocycles. The summed E-state index contributed by atoms with van der Waals surface area (Å²) in [6, 6.07) is 5.55. The summed E-state index contributed by atoms with van der Waals surface area (Å²) in [5, 5.41) is 21.6. The molecule has 2 amide bonds. The van der Waals surface area contributed by atoms with Gasteiger partial charge in [0.1, 0.15) is 6.54 Å². The van der Waals surface area contributed by atoms with Crippen LogP contribution in [-0.2, 0) is 11.2 Å². The summed E-state index contributed by atoms with van der Waals surface area (Å²) in [6.45, 7) is -0.0516. The molecular weight excluding hydrogens is 266 g/mol. The number of carboxylic acid groups (broad SMARTS) is 1. The third-order valence-electron chi connectivity index (χ3n) is 2.56. The lowest BCUT2D eigenvalue weighted by Crippen LogP contribution is -2.40. The molecule has 0 aromatic heterocycles. The van der Waals surface area contributed by atoms with E-state index in [-0.39, 0.29) is 12.2 Å². The summed E-state index contributed by atoms with van der Waals surface area (Å²) in [5.74, 6) is -1.09. The SMILES string of the molecule is CN(CC(=O)O)C(=O)NCCc1ccc([N+](=O)[O-])cc1. The maximum Gasteiger partial charge on any atom is 0.323 e. The first-order valence-corrected chi connectivity index (χ1v) is 5.84. The van der Waals surface area contributed by atoms with Gasteiger partial charge in [0.25, 0.3) is 5.69 Å². The molecule has 2 N–H and O–H groups in total. The topological polar surface area (TPSA) is 113 Å². The van der Waals surface area contributed by atoms with Crippen molar-refractivity contribution in [1.82, 2.24) is 10.2 Å². The molecule has 0 unspecified atom stereocenters. The van der Waals surface area contributed by atoms with Gasteiger partial charge in [0.05, 0.1) is 4.92 Å². The van der Waals surface area contributed by atoms with E-state index < -0.39 is 16.9 Å². The Kier molecular flexibility index (Phi) is 5.45. The molecule has 20 heavy (non-hydrogen) atoms. The minimum Gasteiger partial charge on any atom is -0.480 e. The van der Waals surface area contributed by atoms with Crippen LogP contribution in [-0.4, -0.2) is 47.1 Å². The Morgan fingerprint density at radius 2 is 1.95 bits per heavy atom. The van der Waals surface area contributed by atoms with Crippen LogP contribution in [0.3, 0.4) is 0 Å². The zero-order valence-corrected chi connectivity index (χ0v) is 10.9. The number of nitrogens with one attached hydrogen (secondary N) is 1. The summed E-state index contributed by atoms with van der Waals surface area (Å²) in [5.41, 5.74) is 0.857. The number of benzene rings is 1. The molecule has 0 saturated carbocycles. The molecule has 0 heterocycles. The van der Waals surface area contributed by atoms with Crippen molar-refractivity contribution in [2.24, 2.45) is 0 Å². The van der Waals surface area contributed by atoms with Crippen LogP contribution in [0.2, 0.25) is 0 Å². The highest BCUT2D eigenvalue weighted by molar-refractivity contribution is 5.79. The zero-order valence-electron chi connectivity index (χ0n) is 10.9. The first kappa shape index (κ1) is 15.4. The first-order chi connectivity index (χ1) is 9.40. The van der Waals surface area contributed by atoms with Gasteiger partial charge >= 0.3 is 12.0 Å². The van der Waals surface area contributed by atoms with Gasteiger partial charge in [-0.2, -0.15) is 0 Å². The number of hydrogen-bond donors (Lipinski definition) is 2. The van der Waals surface area contributed by atoms with Crippen LogP contribution < -0.4 is 5.32 Å². The molecule has 8 heteroatoms. The number of nitro groups is 1. The molecule has 0 aliphatic rings. The van der Waals surface area contributed by atoms with Gasteiger partial charge in [-0.15, -0.1) is 0 Å². The summed E-state index contributed by atoms with van der Waals surface area (Å²) < 4.78 is 0. The molecule has 0 atom stereocenters. The fraction of sp³-hybridized carbons (Fsp3) is 0.333. The number of nitro benzene ring substituents is 1. The second kappa shape index (κ2) is 7.07. The second-order valence-electron chi connectivity index (χ2n) is 4.16. The number of rotatable bonds is 6. The Balaban J connectivity index is 2.38. The van der Waals surface area contributed by atoms with Crippen molar-refractivity contribution >= 4 is 17.7 Å². The molecule has 0 saturated heterocycles. The van der Waals surface area contributed by atoms with E-state index in [0.29, 0.717) is 13.0 Å². The Bertz CT molecular complexity index is 500. The van der Waals surface area contributed by atoms with E-state index in [0.717, 1.165) is 10.5 Å². The predicted octanol–water partition coefficient (Wildman–Crippen LogP) is 0.863. The van der Waals surface area contributed by atoms with Crippen LogP contribution in [0, 0.1) is 10.1 Å². The molecule has 108 valence electrons. The van der Waals surface area contributed by atoms with Crippen LogP contribution in [0.1, 0.15) is 5.56 Å². The van der Waals surface area contributed by atoms with E-state index >= 15 is 0 Å². The molecule has 0 aliphatic heterocycles. The molecule has 1 rings (SSSR count). The lowest BCUT2D eigenvalue weighted by atomic mass is 10.1. The predicted molar refractivity (Wildman–Crippen MR) is 70.5 cm³/mol. The Morgan fingerprint density at radius 1 is 1.35 bits per heavy atom. The number of carbonyl (C=O) groups is 2. The van der Waals surface area contributed by atoms with Gasteiger partial charge in [-0.25, -0.2) is 4.79 Å². The van der Waals surface area contributed by atoms with Crippen molar-refractivity contribution in [3.05, 3.63) is 39.9 Å². The average molecular weight is 281 g/mol. The number of carbonyl (C=O) groups excluding carboxylic acids is 1. The highest BCUT2D eigenvalue weighted by Crippen LogP contribution is 2.11. The largest absolute Gasteiger partial charge is 0.480 e. The Labute approximate surface area is 115 Å². The van der Waals surface area contributed by atoms with Gasteiger partial charge in [-0.1, -0.05) is 12.1 Å². The first-order valence-electron chi connectivity index (χ1n) is 5.84. The van der Waals surface area contributed by atoms with E-state index in [1.165, 1.54) is 19.2 Å². The highest BCUT2D eigenvalue weighted by atomic mass is 16.6. The normalized spacial score (nSPS) is 9.85. The lowest BCUT2D eigenvalue weighted by molar-refractivity contribution is -0.384. The van der Waals surface area contributed by atoms with E-state index in [1.807, 2.05) is 0 Å². The van der Waals surface area contributed by atoms with Crippen molar-refractivity contribution < 1.29 is 19.6 Å². The number of nitrogens with zero attached hydrogens (tertiary/aromatic N) is 2. The van der Waals surface area contributed by atoms with Crippen LogP contribution in [0.15, 0.2) is 24.3 Å². The molecule has 1 aromatic rings. The summed E-state index contributed by atoms with van der Waals surface area (Å²) in [4.78, 5) is 32.9. The Morgan fingerprint density at radius 3 is 2.45 bits per heavy atom. The number of aliphatic carboxylic acids is 1. The molecule has 1 aromatic carbocycles. The maximum absolute atomic E-state index is 11.5. The minimum absolute atomic E-state index is 0.0129. The van der Waals surface area contributed by atoms with Crippen molar-refractivity contribution in [3.63, 3.8) is 0 Å². The van der Waals surface area contributed by atoms with Crippen molar-refractivity contribution in [1.29, 1.82) is 0 Å². The lowest BCUT2D eigenvalue weighted by Gasteiger charge is -2.15. The molecule has 0 bridgehead atoms. The van der Waals surface area contributed by atoms with E-state index in [2.05, 4.69) is 5.32 Å². The van der Waals surface area contributed by atoms with Gasteiger partial charge < -0.3 is 15.3 Å². The maximum atomic E-state index is 11.5. The molecule has 8 nitrogen and oxygen atoms in total. The quantitative estimate of drug-likeness (QED) is 0.593. The fourth-order valence-corrected chi connectivity index (χ4v) is 1.51. The number of likely N-dealkylation sites (N-methyl/N-ethyl adjacent to an activating group) is 1. The monoisotopic (exact) mass is 281 g/mol. The van der Waals surface area contributed by atoms with Crippen LogP contribution in [0.25, 0.3) is 0 Å². The number of hydrogen-bond acceptors (Lipinski definition) is 4. The number of urea groups is 1. The van der Waals surface area contributed by atoms with Gasteiger partial charge in [0.2, 0.25) is 0 Å². The average Bonchev–Trinajstić information content (AvgIpc) is 2.38. The third-order valence-corrected chi connectivity index (χ3v) is 2.56. The molecule has 0 spiro atoms. The summed E-state index contributed by atoms with van der Waals surface area (Å²) >= 11 is 0. The van der Waals surface area contributed by atoms with Crippen LogP contribution in [0.5, 0.6) is 0 Å². The van der Waals surface area contributed by atoms with E-state index in [1.54, 1.807) is 12.1 Å². The highest BCUT2D eigenvalue weighted by Gasteiger charge is 2.11. The molecule has 0 fully saturated rings. The van der Waals surface area contributed by atoms with Gasteiger partial charge in [-0.05, 0) is 12.0 Å². The third kappa shape index (κ3) is 4.92. The summed E-state index contributed by atoms with van der Waals surface area (Å²) in [7, 11) is 1.38. The standard InChI is InChI=1S/C12H15N3O5/c1-14(8-11(16)17)12(18)13-7-6-9-2-4-10(5-3-9)15(19)20/h2-5H,6-8H2,1H3,(H,13,18)(H,16,17). The number of amides is 2. The minimum atomic E-state index is -1.09. The fourth-order valence-electron chi connectivity index (χ4n) is 1.51. The van der Waals surface area contributed by atoms with Gasteiger partial charge in [-0.3, -0.25) is 14.9 Å². The zero-order chi connectivity index (χ0) is 15.1. The smallest absolute Gasteiger partial charge is 0.323 e. The number of carboxylic acids is 1.